The number of nitrogens with two attached hydrogens (primary N) is 1. The number of amides is 1. The zero-order valence-electron chi connectivity index (χ0n) is 11.3. The molecule has 2 rings (SSSR count). The maximum Gasteiger partial charge on any atom is 0.231 e. The Kier molecular flexibility index (Phi) is 4.64. The minimum absolute atomic E-state index is 0.0986. The summed E-state index contributed by atoms with van der Waals surface area (Å²) in [6, 6.07) is 6.90. The third kappa shape index (κ3) is 2.95. The molecule has 0 bridgehead atoms. The van der Waals surface area contributed by atoms with Crippen LogP contribution in [0.1, 0.15) is 37.7 Å². The van der Waals surface area contributed by atoms with Crippen molar-refractivity contribution in [2.75, 3.05) is 11.9 Å². The van der Waals surface area contributed by atoms with E-state index in [1.165, 1.54) is 0 Å². The third-order valence-electron chi connectivity index (χ3n) is 4.03. The molecular formula is C15H18ClN3O. The number of hydrogen-bond acceptors (Lipinski definition) is 3. The van der Waals surface area contributed by atoms with E-state index in [9.17, 15) is 4.79 Å². The van der Waals surface area contributed by atoms with E-state index < -0.39 is 5.41 Å². The van der Waals surface area contributed by atoms with Gasteiger partial charge in [0.05, 0.1) is 16.7 Å². The van der Waals surface area contributed by atoms with Crippen molar-refractivity contribution in [2.45, 2.75) is 32.1 Å². The highest BCUT2D eigenvalue weighted by Gasteiger charge is 2.38. The van der Waals surface area contributed by atoms with Gasteiger partial charge < -0.3 is 11.1 Å². The Hall–Kier alpha value is -1.57. The lowest BCUT2D eigenvalue weighted by Gasteiger charge is -2.34. The van der Waals surface area contributed by atoms with E-state index in [2.05, 4.69) is 11.4 Å². The van der Waals surface area contributed by atoms with Crippen LogP contribution in [0.2, 0.25) is 5.02 Å². The van der Waals surface area contributed by atoms with E-state index in [0.29, 0.717) is 22.8 Å². The minimum atomic E-state index is -0.507. The molecule has 0 heterocycles. The molecule has 1 aromatic carbocycles. The summed E-state index contributed by atoms with van der Waals surface area (Å²) >= 11 is 5.93. The van der Waals surface area contributed by atoms with Crippen LogP contribution in [0.4, 0.5) is 5.69 Å². The van der Waals surface area contributed by atoms with Gasteiger partial charge in [-0.25, -0.2) is 0 Å². The first kappa shape index (κ1) is 14.8. The van der Waals surface area contributed by atoms with Gasteiger partial charge in [-0.1, -0.05) is 30.9 Å². The fourth-order valence-electron chi connectivity index (χ4n) is 2.72. The van der Waals surface area contributed by atoms with Gasteiger partial charge in [-0.2, -0.15) is 5.26 Å². The van der Waals surface area contributed by atoms with Gasteiger partial charge in [0.1, 0.15) is 6.07 Å². The molecule has 4 nitrogen and oxygen atoms in total. The summed E-state index contributed by atoms with van der Waals surface area (Å²) in [5.74, 6) is -0.0986. The monoisotopic (exact) mass is 291 g/mol. The average Bonchev–Trinajstić information content (AvgIpc) is 2.48. The number of benzene rings is 1. The molecule has 20 heavy (non-hydrogen) atoms. The zero-order valence-corrected chi connectivity index (χ0v) is 12.0. The second-order valence-electron chi connectivity index (χ2n) is 5.30. The van der Waals surface area contributed by atoms with Crippen LogP contribution in [0.15, 0.2) is 18.2 Å². The van der Waals surface area contributed by atoms with Gasteiger partial charge in [0, 0.05) is 11.6 Å². The van der Waals surface area contributed by atoms with E-state index in [1.807, 2.05) is 0 Å². The van der Waals surface area contributed by atoms with Crippen molar-refractivity contribution in [3.05, 3.63) is 28.8 Å². The number of carbonyl (C=O) groups excluding carboxylic acids is 1. The van der Waals surface area contributed by atoms with Gasteiger partial charge in [0.25, 0.3) is 0 Å². The Labute approximate surface area is 123 Å². The number of rotatable bonds is 3. The second-order valence-corrected chi connectivity index (χ2v) is 5.74. The van der Waals surface area contributed by atoms with Crippen molar-refractivity contribution in [3.63, 3.8) is 0 Å². The molecule has 1 fully saturated rings. The standard InChI is InChI=1S/C15H18ClN3O/c16-12-5-4-11(9-17)13(8-12)19-14(20)15(10-18)6-2-1-3-7-15/h4-5,8H,1-3,6-7,10,18H2,(H,19,20). The molecule has 1 saturated carbocycles. The molecule has 3 N–H and O–H groups in total. The zero-order chi connectivity index (χ0) is 14.6. The normalized spacial score (nSPS) is 17.2. The molecule has 106 valence electrons. The van der Waals surface area contributed by atoms with Crippen LogP contribution < -0.4 is 11.1 Å². The number of carbonyl (C=O) groups is 1. The third-order valence-corrected chi connectivity index (χ3v) is 4.27. The van der Waals surface area contributed by atoms with Gasteiger partial charge in [-0.15, -0.1) is 0 Å². The van der Waals surface area contributed by atoms with E-state index >= 15 is 0 Å². The van der Waals surface area contributed by atoms with Crippen LogP contribution in [0.3, 0.4) is 0 Å². The summed E-state index contributed by atoms with van der Waals surface area (Å²) in [6.07, 6.45) is 4.79. The maximum absolute atomic E-state index is 12.6. The smallest absolute Gasteiger partial charge is 0.231 e. The highest BCUT2D eigenvalue weighted by molar-refractivity contribution is 6.31. The summed E-state index contributed by atoms with van der Waals surface area (Å²) in [5.41, 5.74) is 6.20. The summed E-state index contributed by atoms with van der Waals surface area (Å²) in [5, 5.41) is 12.4. The van der Waals surface area contributed by atoms with Crippen molar-refractivity contribution in [1.29, 1.82) is 5.26 Å². The molecule has 0 radical (unpaired) electrons. The molecule has 0 unspecified atom stereocenters. The highest BCUT2D eigenvalue weighted by Crippen LogP contribution is 2.36. The predicted molar refractivity (Wildman–Crippen MR) is 79.4 cm³/mol. The maximum atomic E-state index is 12.6. The van der Waals surface area contributed by atoms with Gasteiger partial charge in [0.15, 0.2) is 0 Å². The summed E-state index contributed by atoms with van der Waals surface area (Å²) in [6.45, 7) is 0.335. The summed E-state index contributed by atoms with van der Waals surface area (Å²) in [7, 11) is 0. The lowest BCUT2D eigenvalue weighted by molar-refractivity contribution is -0.126. The van der Waals surface area contributed by atoms with Crippen LogP contribution in [-0.4, -0.2) is 12.5 Å². The Morgan fingerprint density at radius 2 is 2.10 bits per heavy atom. The Balaban J connectivity index is 2.23. The lowest BCUT2D eigenvalue weighted by atomic mass is 9.73. The molecule has 0 atom stereocenters. The molecule has 0 saturated heterocycles. The van der Waals surface area contributed by atoms with E-state index in [1.54, 1.807) is 18.2 Å². The molecule has 1 aliphatic carbocycles. The van der Waals surface area contributed by atoms with Crippen LogP contribution in [0.5, 0.6) is 0 Å². The fraction of sp³-hybridized carbons (Fsp3) is 0.467. The van der Waals surface area contributed by atoms with Crippen LogP contribution in [0, 0.1) is 16.7 Å². The van der Waals surface area contributed by atoms with Crippen molar-refractivity contribution in [1.82, 2.24) is 0 Å². The Morgan fingerprint density at radius 1 is 1.40 bits per heavy atom. The van der Waals surface area contributed by atoms with Gasteiger partial charge >= 0.3 is 0 Å². The van der Waals surface area contributed by atoms with Crippen molar-refractivity contribution in [2.24, 2.45) is 11.1 Å². The van der Waals surface area contributed by atoms with Crippen molar-refractivity contribution < 1.29 is 4.79 Å². The van der Waals surface area contributed by atoms with E-state index in [4.69, 9.17) is 22.6 Å². The number of halogens is 1. The second kappa shape index (κ2) is 6.25. The van der Waals surface area contributed by atoms with Gasteiger partial charge in [-0.05, 0) is 31.0 Å². The van der Waals surface area contributed by atoms with Gasteiger partial charge in [0.2, 0.25) is 5.91 Å². The fourth-order valence-corrected chi connectivity index (χ4v) is 2.90. The summed E-state index contributed by atoms with van der Waals surface area (Å²) in [4.78, 5) is 12.6. The predicted octanol–water partition coefficient (Wildman–Crippen LogP) is 3.06. The van der Waals surface area contributed by atoms with Crippen molar-refractivity contribution in [3.8, 4) is 6.07 Å². The first-order chi connectivity index (χ1) is 9.61. The molecule has 1 aromatic rings. The average molecular weight is 292 g/mol. The number of nitrogens with one attached hydrogen (secondary N) is 1. The molecule has 1 amide bonds. The van der Waals surface area contributed by atoms with Crippen molar-refractivity contribution >= 4 is 23.2 Å². The number of nitriles is 1. The van der Waals surface area contributed by atoms with E-state index in [0.717, 1.165) is 32.1 Å². The first-order valence-electron chi connectivity index (χ1n) is 6.82. The largest absolute Gasteiger partial charge is 0.329 e. The van der Waals surface area contributed by atoms with Crippen LogP contribution >= 0.6 is 11.6 Å². The minimum Gasteiger partial charge on any atom is -0.329 e. The highest BCUT2D eigenvalue weighted by atomic mass is 35.5. The van der Waals surface area contributed by atoms with E-state index in [-0.39, 0.29) is 5.91 Å². The Morgan fingerprint density at radius 3 is 2.70 bits per heavy atom. The molecular weight excluding hydrogens is 274 g/mol. The summed E-state index contributed by atoms with van der Waals surface area (Å²) < 4.78 is 0. The topological polar surface area (TPSA) is 78.9 Å². The van der Waals surface area contributed by atoms with Crippen LogP contribution in [0.25, 0.3) is 0 Å². The number of hydrogen-bond donors (Lipinski definition) is 2. The first-order valence-corrected chi connectivity index (χ1v) is 7.20. The SMILES string of the molecule is N#Cc1ccc(Cl)cc1NC(=O)C1(CN)CCCCC1. The molecule has 5 heteroatoms. The quantitative estimate of drug-likeness (QED) is 0.898. The number of anilines is 1. The molecule has 0 aliphatic heterocycles. The lowest BCUT2D eigenvalue weighted by Crippen LogP contribution is -2.43. The Bertz CT molecular complexity index is 545. The molecule has 1 aliphatic rings. The molecule has 0 aromatic heterocycles. The molecule has 0 spiro atoms. The number of nitrogens with zero attached hydrogens (tertiary/aromatic N) is 1. The van der Waals surface area contributed by atoms with Gasteiger partial charge in [-0.3, -0.25) is 4.79 Å². The van der Waals surface area contributed by atoms with Crippen LogP contribution in [-0.2, 0) is 4.79 Å².